The predicted octanol–water partition coefficient (Wildman–Crippen LogP) is 4.31. The number of rotatable bonds is 9. The highest BCUT2D eigenvalue weighted by atomic mass is 16.5. The van der Waals surface area contributed by atoms with Crippen molar-refractivity contribution in [1.29, 1.82) is 0 Å². The molecule has 2 amide bonds. The maximum Gasteiger partial charge on any atom is 0.257 e. The van der Waals surface area contributed by atoms with Crippen LogP contribution >= 0.6 is 0 Å². The molecule has 1 unspecified atom stereocenters. The Labute approximate surface area is 203 Å². The van der Waals surface area contributed by atoms with E-state index in [0.29, 0.717) is 47.8 Å². The van der Waals surface area contributed by atoms with Gasteiger partial charge in [-0.1, -0.05) is 22.9 Å². The van der Waals surface area contributed by atoms with Gasteiger partial charge in [-0.3, -0.25) is 9.59 Å². The lowest BCUT2D eigenvalue weighted by Crippen LogP contribution is -2.33. The van der Waals surface area contributed by atoms with Crippen LogP contribution in [0.4, 0.5) is 0 Å². The summed E-state index contributed by atoms with van der Waals surface area (Å²) in [6.45, 7) is 4.38. The third kappa shape index (κ3) is 6.23. The van der Waals surface area contributed by atoms with Crippen molar-refractivity contribution in [2.75, 3.05) is 13.6 Å². The fourth-order valence-electron chi connectivity index (χ4n) is 3.61. The number of aromatic nitrogens is 2. The van der Waals surface area contributed by atoms with Crippen molar-refractivity contribution >= 4 is 11.8 Å². The quantitative estimate of drug-likeness (QED) is 0.389. The van der Waals surface area contributed by atoms with Gasteiger partial charge in [0.25, 0.3) is 17.7 Å². The topological polar surface area (TPSA) is 101 Å². The van der Waals surface area contributed by atoms with E-state index in [1.165, 1.54) is 0 Å². The maximum atomic E-state index is 12.6. The van der Waals surface area contributed by atoms with E-state index in [-0.39, 0.29) is 17.9 Å². The van der Waals surface area contributed by atoms with E-state index in [0.717, 1.165) is 11.3 Å². The van der Waals surface area contributed by atoms with Gasteiger partial charge in [0.1, 0.15) is 5.76 Å². The minimum atomic E-state index is -0.164. The minimum Gasteiger partial charge on any atom is -0.469 e. The number of hydrogen-bond acceptors (Lipinski definition) is 6. The average molecular weight is 473 g/mol. The first kappa shape index (κ1) is 23.9. The third-order valence-electron chi connectivity index (χ3n) is 5.64. The number of likely N-dealkylation sites (N-methyl/N-ethyl adjacent to an activating group) is 1. The monoisotopic (exact) mass is 472 g/mol. The van der Waals surface area contributed by atoms with Crippen molar-refractivity contribution in [2.24, 2.45) is 0 Å². The Morgan fingerprint density at radius 2 is 1.74 bits per heavy atom. The lowest BCUT2D eigenvalue weighted by atomic mass is 10.1. The molecule has 2 heterocycles. The molecule has 2 aromatic heterocycles. The third-order valence-corrected chi connectivity index (χ3v) is 5.64. The molecule has 8 nitrogen and oxygen atoms in total. The van der Waals surface area contributed by atoms with Crippen LogP contribution in [-0.4, -0.2) is 46.5 Å². The number of benzene rings is 2. The molecule has 0 fully saturated rings. The van der Waals surface area contributed by atoms with E-state index in [9.17, 15) is 9.59 Å². The number of amides is 2. The lowest BCUT2D eigenvalue weighted by molar-refractivity contribution is 0.0795. The summed E-state index contributed by atoms with van der Waals surface area (Å²) in [5.74, 6) is 1.48. The van der Waals surface area contributed by atoms with Crippen molar-refractivity contribution in [3.8, 4) is 11.5 Å². The highest BCUT2D eigenvalue weighted by Crippen LogP contribution is 2.18. The Hall–Kier alpha value is -4.20. The van der Waals surface area contributed by atoms with Crippen LogP contribution in [-0.2, 0) is 12.8 Å². The van der Waals surface area contributed by atoms with Crippen LogP contribution in [0.25, 0.3) is 11.5 Å². The molecular formula is C27H28N4O4. The smallest absolute Gasteiger partial charge is 0.257 e. The Morgan fingerprint density at radius 1 is 1.03 bits per heavy atom. The number of nitrogens with zero attached hydrogens (tertiary/aromatic N) is 3. The van der Waals surface area contributed by atoms with Crippen molar-refractivity contribution in [3.05, 3.63) is 95.2 Å². The summed E-state index contributed by atoms with van der Waals surface area (Å²) in [6.07, 6.45) is 2.70. The number of nitrogens with one attached hydrogen (secondary N) is 1. The molecule has 8 heteroatoms. The molecule has 180 valence electrons. The highest BCUT2D eigenvalue weighted by Gasteiger charge is 2.15. The summed E-state index contributed by atoms with van der Waals surface area (Å²) in [4.78, 5) is 31.2. The molecule has 0 bridgehead atoms. The van der Waals surface area contributed by atoms with Crippen LogP contribution in [0.1, 0.15) is 44.8 Å². The largest absolute Gasteiger partial charge is 0.469 e. The van der Waals surface area contributed by atoms with E-state index < -0.39 is 0 Å². The number of hydrogen-bond donors (Lipinski definition) is 1. The van der Waals surface area contributed by atoms with Gasteiger partial charge >= 0.3 is 0 Å². The van der Waals surface area contributed by atoms with Crippen LogP contribution in [0.5, 0.6) is 0 Å². The van der Waals surface area contributed by atoms with Gasteiger partial charge in [-0.15, -0.1) is 0 Å². The second-order valence-electron chi connectivity index (χ2n) is 8.59. The number of carbonyl (C=O) groups excluding carboxylic acids is 2. The molecule has 4 rings (SSSR count). The number of aryl methyl sites for hydroxylation is 1. The van der Waals surface area contributed by atoms with E-state index in [4.69, 9.17) is 8.94 Å². The first-order valence-electron chi connectivity index (χ1n) is 11.5. The number of carbonyl (C=O) groups is 2. The zero-order chi connectivity index (χ0) is 24.8. The van der Waals surface area contributed by atoms with Crippen LogP contribution in [0.3, 0.4) is 0 Å². The molecule has 1 N–H and O–H groups in total. The molecule has 35 heavy (non-hydrogen) atoms. The molecule has 0 saturated carbocycles. The second-order valence-corrected chi connectivity index (χ2v) is 8.59. The first-order chi connectivity index (χ1) is 16.9. The molecule has 0 saturated heterocycles. The molecule has 0 aliphatic carbocycles. The summed E-state index contributed by atoms with van der Waals surface area (Å²) in [7, 11) is 1.75. The summed E-state index contributed by atoms with van der Waals surface area (Å²) in [6, 6.07) is 18.1. The molecule has 0 aliphatic rings. The normalized spacial score (nSPS) is 11.7. The number of furan rings is 1. The van der Waals surface area contributed by atoms with Crippen molar-refractivity contribution < 1.29 is 18.5 Å². The van der Waals surface area contributed by atoms with Crippen LogP contribution < -0.4 is 5.32 Å². The van der Waals surface area contributed by atoms with Gasteiger partial charge in [-0.25, -0.2) is 0 Å². The maximum absolute atomic E-state index is 12.6. The predicted molar refractivity (Wildman–Crippen MR) is 131 cm³/mol. The van der Waals surface area contributed by atoms with Crippen LogP contribution in [0.2, 0.25) is 0 Å². The van der Waals surface area contributed by atoms with Crippen LogP contribution in [0, 0.1) is 6.92 Å². The molecule has 0 aliphatic heterocycles. The van der Waals surface area contributed by atoms with E-state index in [1.807, 2.05) is 50.2 Å². The Balaban J connectivity index is 1.30. The van der Waals surface area contributed by atoms with E-state index in [2.05, 4.69) is 15.5 Å². The molecule has 4 aromatic rings. The van der Waals surface area contributed by atoms with Gasteiger partial charge in [0.2, 0.25) is 0 Å². The second kappa shape index (κ2) is 10.8. The summed E-state index contributed by atoms with van der Waals surface area (Å²) < 4.78 is 10.7. The van der Waals surface area contributed by atoms with E-state index in [1.54, 1.807) is 42.5 Å². The van der Waals surface area contributed by atoms with Gasteiger partial charge in [0, 0.05) is 49.2 Å². The highest BCUT2D eigenvalue weighted by molar-refractivity contribution is 5.95. The van der Waals surface area contributed by atoms with Gasteiger partial charge < -0.3 is 19.2 Å². The minimum absolute atomic E-state index is 0.0546. The standard InChI is InChI=1S/C27H28N4O4/c1-18-6-8-22(9-7-18)27(33)31(3)15-14-24-29-26(35-30-24)21-12-10-20(11-13-21)25(32)28-19(2)17-23-5-4-16-34-23/h4-13,16,19H,14-15,17H2,1-3H3,(H,28,32). The van der Waals surface area contributed by atoms with Crippen molar-refractivity contribution in [3.63, 3.8) is 0 Å². The molecule has 1 atom stereocenters. The summed E-state index contributed by atoms with van der Waals surface area (Å²) in [5.41, 5.74) is 3.01. The van der Waals surface area contributed by atoms with Gasteiger partial charge in [0.05, 0.1) is 6.26 Å². The van der Waals surface area contributed by atoms with E-state index >= 15 is 0 Å². The summed E-state index contributed by atoms with van der Waals surface area (Å²) in [5, 5.41) is 6.99. The SMILES string of the molecule is Cc1ccc(C(=O)N(C)CCc2noc(-c3ccc(C(=O)NC(C)Cc4ccco4)cc3)n2)cc1. The van der Waals surface area contributed by atoms with Crippen LogP contribution in [0.15, 0.2) is 75.9 Å². The molecule has 0 radical (unpaired) electrons. The molecular weight excluding hydrogens is 444 g/mol. The average Bonchev–Trinajstić information content (AvgIpc) is 3.55. The van der Waals surface area contributed by atoms with Gasteiger partial charge in [0.15, 0.2) is 5.82 Å². The fraction of sp³-hybridized carbons (Fsp3) is 0.259. The Bertz CT molecular complexity index is 1260. The zero-order valence-electron chi connectivity index (χ0n) is 20.0. The van der Waals surface area contributed by atoms with Crippen molar-refractivity contribution in [2.45, 2.75) is 32.7 Å². The Kier molecular flexibility index (Phi) is 7.40. The Morgan fingerprint density at radius 3 is 2.43 bits per heavy atom. The van der Waals surface area contributed by atoms with Gasteiger partial charge in [-0.2, -0.15) is 4.98 Å². The fourth-order valence-corrected chi connectivity index (χ4v) is 3.61. The summed E-state index contributed by atoms with van der Waals surface area (Å²) >= 11 is 0. The van der Waals surface area contributed by atoms with Gasteiger partial charge in [-0.05, 0) is 62.4 Å². The zero-order valence-corrected chi connectivity index (χ0v) is 20.0. The first-order valence-corrected chi connectivity index (χ1v) is 11.5. The lowest BCUT2D eigenvalue weighted by Gasteiger charge is -2.16. The molecule has 0 spiro atoms. The van der Waals surface area contributed by atoms with Crippen molar-refractivity contribution in [1.82, 2.24) is 20.4 Å². The molecule has 2 aromatic carbocycles.